The summed E-state index contributed by atoms with van der Waals surface area (Å²) in [6, 6.07) is 2.08. The SMILES string of the molecule is CC(C)C1CCCN(CC(=O)N(C)CCC#N)CC1. The van der Waals surface area contributed by atoms with Gasteiger partial charge in [-0.15, -0.1) is 0 Å². The van der Waals surface area contributed by atoms with Gasteiger partial charge in [-0.1, -0.05) is 13.8 Å². The molecule has 0 spiro atoms. The van der Waals surface area contributed by atoms with Gasteiger partial charge in [-0.05, 0) is 44.2 Å². The van der Waals surface area contributed by atoms with Crippen molar-refractivity contribution < 1.29 is 4.79 Å². The van der Waals surface area contributed by atoms with Crippen LogP contribution >= 0.6 is 0 Å². The molecule has 0 bridgehead atoms. The Morgan fingerprint density at radius 3 is 2.79 bits per heavy atom. The lowest BCUT2D eigenvalue weighted by Gasteiger charge is -2.23. The van der Waals surface area contributed by atoms with Crippen molar-refractivity contribution in [3.63, 3.8) is 0 Å². The van der Waals surface area contributed by atoms with Crippen LogP contribution in [0.5, 0.6) is 0 Å². The molecule has 4 heteroatoms. The molecule has 1 saturated heterocycles. The number of nitrogens with zero attached hydrogens (tertiary/aromatic N) is 3. The van der Waals surface area contributed by atoms with Crippen LogP contribution in [0.3, 0.4) is 0 Å². The zero-order chi connectivity index (χ0) is 14.3. The quantitative estimate of drug-likeness (QED) is 0.765. The van der Waals surface area contributed by atoms with Crippen LogP contribution in [-0.4, -0.2) is 48.9 Å². The topological polar surface area (TPSA) is 47.3 Å². The van der Waals surface area contributed by atoms with Crippen molar-refractivity contribution >= 4 is 5.91 Å². The van der Waals surface area contributed by atoms with Gasteiger partial charge in [0.1, 0.15) is 0 Å². The molecule has 0 saturated carbocycles. The van der Waals surface area contributed by atoms with Crippen LogP contribution < -0.4 is 0 Å². The van der Waals surface area contributed by atoms with Gasteiger partial charge in [-0.25, -0.2) is 0 Å². The second-order valence-corrected chi connectivity index (χ2v) is 5.93. The number of rotatable bonds is 5. The molecule has 1 aliphatic heterocycles. The molecule has 0 aliphatic carbocycles. The number of amides is 1. The van der Waals surface area contributed by atoms with E-state index in [2.05, 4.69) is 24.8 Å². The first kappa shape index (κ1) is 16.0. The van der Waals surface area contributed by atoms with Gasteiger partial charge in [0.15, 0.2) is 0 Å². The molecule has 1 aliphatic rings. The summed E-state index contributed by atoms with van der Waals surface area (Å²) in [5, 5.41) is 8.54. The number of likely N-dealkylation sites (N-methyl/N-ethyl adjacent to an activating group) is 1. The Morgan fingerprint density at radius 2 is 2.16 bits per heavy atom. The van der Waals surface area contributed by atoms with Crippen LogP contribution in [-0.2, 0) is 4.79 Å². The van der Waals surface area contributed by atoms with E-state index >= 15 is 0 Å². The highest BCUT2D eigenvalue weighted by atomic mass is 16.2. The second kappa shape index (κ2) is 8.16. The summed E-state index contributed by atoms with van der Waals surface area (Å²) in [7, 11) is 1.79. The normalized spacial score (nSPS) is 20.9. The lowest BCUT2D eigenvalue weighted by atomic mass is 9.89. The van der Waals surface area contributed by atoms with E-state index in [1.54, 1.807) is 11.9 Å². The summed E-state index contributed by atoms with van der Waals surface area (Å²) in [6.07, 6.45) is 4.09. The molecule has 0 N–H and O–H groups in total. The number of likely N-dealkylation sites (tertiary alicyclic amines) is 1. The molecule has 1 unspecified atom stereocenters. The third-order valence-electron chi connectivity index (χ3n) is 4.15. The Balaban J connectivity index is 2.37. The van der Waals surface area contributed by atoms with Crippen LogP contribution in [0.4, 0.5) is 0 Å². The molecule has 0 aromatic heterocycles. The monoisotopic (exact) mass is 265 g/mol. The third kappa shape index (κ3) is 5.61. The highest BCUT2D eigenvalue weighted by molar-refractivity contribution is 5.78. The van der Waals surface area contributed by atoms with E-state index in [0.717, 1.165) is 24.9 Å². The van der Waals surface area contributed by atoms with E-state index in [-0.39, 0.29) is 5.91 Å². The van der Waals surface area contributed by atoms with Crippen LogP contribution in [0, 0.1) is 23.2 Å². The highest BCUT2D eigenvalue weighted by Gasteiger charge is 2.21. The van der Waals surface area contributed by atoms with Crippen LogP contribution in [0.25, 0.3) is 0 Å². The summed E-state index contributed by atoms with van der Waals surface area (Å²) < 4.78 is 0. The molecule has 1 rings (SSSR count). The number of nitriles is 1. The van der Waals surface area contributed by atoms with Gasteiger partial charge in [0.05, 0.1) is 19.0 Å². The first-order valence-electron chi connectivity index (χ1n) is 7.38. The van der Waals surface area contributed by atoms with Crippen molar-refractivity contribution in [2.24, 2.45) is 11.8 Å². The smallest absolute Gasteiger partial charge is 0.236 e. The highest BCUT2D eigenvalue weighted by Crippen LogP contribution is 2.24. The van der Waals surface area contributed by atoms with Gasteiger partial charge in [-0.3, -0.25) is 9.69 Å². The predicted molar refractivity (Wildman–Crippen MR) is 76.5 cm³/mol. The minimum Gasteiger partial charge on any atom is -0.344 e. The molecule has 0 aromatic carbocycles. The van der Waals surface area contributed by atoms with Crippen molar-refractivity contribution in [3.8, 4) is 6.07 Å². The van der Waals surface area contributed by atoms with E-state index < -0.39 is 0 Å². The summed E-state index contributed by atoms with van der Waals surface area (Å²) >= 11 is 0. The molecule has 1 atom stereocenters. The Labute approximate surface area is 117 Å². The Morgan fingerprint density at radius 1 is 1.42 bits per heavy atom. The molecular weight excluding hydrogens is 238 g/mol. The van der Waals surface area contributed by atoms with Crippen LogP contribution in [0.1, 0.15) is 39.5 Å². The first-order valence-corrected chi connectivity index (χ1v) is 7.38. The van der Waals surface area contributed by atoms with Crippen molar-refractivity contribution in [2.75, 3.05) is 33.2 Å². The maximum Gasteiger partial charge on any atom is 0.236 e. The minimum atomic E-state index is 0.137. The lowest BCUT2D eigenvalue weighted by Crippen LogP contribution is -2.39. The first-order chi connectivity index (χ1) is 9.04. The van der Waals surface area contributed by atoms with E-state index in [4.69, 9.17) is 5.26 Å². The van der Waals surface area contributed by atoms with Crippen LogP contribution in [0.2, 0.25) is 0 Å². The summed E-state index contributed by atoms with van der Waals surface area (Å²) in [5.41, 5.74) is 0. The molecule has 108 valence electrons. The van der Waals surface area contributed by atoms with Gasteiger partial charge in [0.2, 0.25) is 5.91 Å². The average molecular weight is 265 g/mol. The fraction of sp³-hybridized carbons (Fsp3) is 0.867. The second-order valence-electron chi connectivity index (χ2n) is 5.93. The molecule has 0 aromatic rings. The van der Waals surface area contributed by atoms with Gasteiger partial charge in [0, 0.05) is 13.6 Å². The molecule has 1 fully saturated rings. The van der Waals surface area contributed by atoms with Crippen molar-refractivity contribution in [3.05, 3.63) is 0 Å². The van der Waals surface area contributed by atoms with Crippen molar-refractivity contribution in [2.45, 2.75) is 39.5 Å². The fourth-order valence-electron chi connectivity index (χ4n) is 2.66. The van der Waals surface area contributed by atoms with Crippen LogP contribution in [0.15, 0.2) is 0 Å². The van der Waals surface area contributed by atoms with Crippen molar-refractivity contribution in [1.82, 2.24) is 9.80 Å². The maximum atomic E-state index is 12.0. The number of hydrogen-bond donors (Lipinski definition) is 0. The zero-order valence-electron chi connectivity index (χ0n) is 12.6. The largest absolute Gasteiger partial charge is 0.344 e. The molecule has 1 amide bonds. The Kier molecular flexibility index (Phi) is 6.86. The minimum absolute atomic E-state index is 0.137. The van der Waals surface area contributed by atoms with Gasteiger partial charge >= 0.3 is 0 Å². The Bertz CT molecular complexity index is 322. The van der Waals surface area contributed by atoms with Crippen molar-refractivity contribution in [1.29, 1.82) is 5.26 Å². The van der Waals surface area contributed by atoms with E-state index in [1.165, 1.54) is 19.3 Å². The molecule has 19 heavy (non-hydrogen) atoms. The fourth-order valence-corrected chi connectivity index (χ4v) is 2.66. The molecule has 4 nitrogen and oxygen atoms in total. The number of hydrogen-bond acceptors (Lipinski definition) is 3. The zero-order valence-corrected chi connectivity index (χ0v) is 12.6. The van der Waals surface area contributed by atoms with Gasteiger partial charge < -0.3 is 4.90 Å². The number of carbonyl (C=O) groups excluding carboxylic acids is 1. The Hall–Kier alpha value is -1.08. The molecule has 1 heterocycles. The van der Waals surface area contributed by atoms with E-state index in [9.17, 15) is 4.79 Å². The average Bonchev–Trinajstić information content (AvgIpc) is 2.61. The maximum absolute atomic E-state index is 12.0. The summed E-state index contributed by atoms with van der Waals surface area (Å²) in [5.74, 6) is 1.68. The third-order valence-corrected chi connectivity index (χ3v) is 4.15. The van der Waals surface area contributed by atoms with E-state index in [0.29, 0.717) is 19.5 Å². The molecule has 0 radical (unpaired) electrons. The van der Waals surface area contributed by atoms with Gasteiger partial charge in [0.25, 0.3) is 0 Å². The summed E-state index contributed by atoms with van der Waals surface area (Å²) in [6.45, 7) is 7.69. The lowest BCUT2D eigenvalue weighted by molar-refractivity contribution is -0.131. The predicted octanol–water partition coefficient (Wildman–Crippen LogP) is 2.12. The summed E-state index contributed by atoms with van der Waals surface area (Å²) in [4.78, 5) is 16.0. The van der Waals surface area contributed by atoms with Gasteiger partial charge in [-0.2, -0.15) is 5.26 Å². The number of carbonyl (C=O) groups is 1. The standard InChI is InChI=1S/C15H27N3O/c1-13(2)14-6-4-10-18(11-7-14)12-15(19)17(3)9-5-8-16/h13-14H,4-7,9-12H2,1-3H3. The van der Waals surface area contributed by atoms with E-state index in [1.807, 2.05) is 0 Å². The molecular formula is C15H27N3O.